The number of aryl methyl sites for hydroxylation is 1. The monoisotopic (exact) mass is 456 g/mol. The number of ether oxygens (including phenoxy) is 3. The topological polar surface area (TPSA) is 101 Å². The molecule has 1 aliphatic heterocycles. The Morgan fingerprint density at radius 2 is 1.56 bits per heavy atom. The minimum absolute atomic E-state index is 0.302. The molecule has 0 amide bonds. The fourth-order valence-electron chi connectivity index (χ4n) is 4.03. The molecular weight excluding hydrogens is 432 g/mol. The van der Waals surface area contributed by atoms with Crippen molar-refractivity contribution in [3.8, 4) is 34.3 Å². The molecule has 8 nitrogen and oxygen atoms in total. The summed E-state index contributed by atoms with van der Waals surface area (Å²) < 4.78 is 18.4. The van der Waals surface area contributed by atoms with Crippen molar-refractivity contribution in [2.24, 2.45) is 0 Å². The molecular formula is C26H24N4O4. The molecule has 0 saturated carbocycles. The van der Waals surface area contributed by atoms with Gasteiger partial charge in [0.15, 0.2) is 11.5 Å². The van der Waals surface area contributed by atoms with E-state index in [1.807, 2.05) is 54.6 Å². The molecule has 0 radical (unpaired) electrons. The zero-order chi connectivity index (χ0) is 23.7. The Morgan fingerprint density at radius 3 is 2.24 bits per heavy atom. The number of aromatic nitrogens is 2. The van der Waals surface area contributed by atoms with Gasteiger partial charge < -0.3 is 25.3 Å². The molecule has 0 atom stereocenters. The van der Waals surface area contributed by atoms with Gasteiger partial charge in [-0.15, -0.1) is 0 Å². The SMILES string of the molecule is COc1cc2c(cc1OC)-c1cc(Nc3ccc(Oc4ccc(N)cc4)cc3)nc(=O)n1CC2. The quantitative estimate of drug-likeness (QED) is 0.409. The van der Waals surface area contributed by atoms with Crippen molar-refractivity contribution in [3.05, 3.63) is 82.8 Å². The number of methoxy groups -OCH3 is 2. The van der Waals surface area contributed by atoms with Crippen LogP contribution in [0.1, 0.15) is 5.56 Å². The summed E-state index contributed by atoms with van der Waals surface area (Å²) in [5.74, 6) is 3.13. The van der Waals surface area contributed by atoms with Gasteiger partial charge >= 0.3 is 5.69 Å². The van der Waals surface area contributed by atoms with Crippen LogP contribution in [0.4, 0.5) is 17.2 Å². The second-order valence-corrected chi connectivity index (χ2v) is 7.90. The Balaban J connectivity index is 1.41. The third kappa shape index (κ3) is 4.13. The highest BCUT2D eigenvalue weighted by atomic mass is 16.5. The minimum atomic E-state index is -0.302. The van der Waals surface area contributed by atoms with E-state index in [-0.39, 0.29) is 5.69 Å². The maximum absolute atomic E-state index is 12.8. The molecule has 8 heteroatoms. The van der Waals surface area contributed by atoms with Crippen LogP contribution in [0.15, 0.2) is 71.5 Å². The lowest BCUT2D eigenvalue weighted by atomic mass is 9.97. The first-order valence-electron chi connectivity index (χ1n) is 10.8. The van der Waals surface area contributed by atoms with Crippen LogP contribution in [-0.4, -0.2) is 23.8 Å². The molecule has 0 fully saturated rings. The highest BCUT2D eigenvalue weighted by molar-refractivity contribution is 5.73. The maximum atomic E-state index is 12.8. The van der Waals surface area contributed by atoms with E-state index in [1.54, 1.807) is 30.9 Å². The number of nitrogens with one attached hydrogen (secondary N) is 1. The van der Waals surface area contributed by atoms with E-state index >= 15 is 0 Å². The maximum Gasteiger partial charge on any atom is 0.350 e. The Morgan fingerprint density at radius 1 is 0.912 bits per heavy atom. The largest absolute Gasteiger partial charge is 0.493 e. The Hall–Kier alpha value is -4.46. The van der Waals surface area contributed by atoms with Crippen LogP contribution in [0.25, 0.3) is 11.3 Å². The van der Waals surface area contributed by atoms with Crippen molar-refractivity contribution >= 4 is 17.2 Å². The average Bonchev–Trinajstić information content (AvgIpc) is 2.85. The van der Waals surface area contributed by atoms with Gasteiger partial charge in [0.1, 0.15) is 17.3 Å². The van der Waals surface area contributed by atoms with Gasteiger partial charge in [-0.2, -0.15) is 4.98 Å². The summed E-state index contributed by atoms with van der Waals surface area (Å²) in [6, 6.07) is 20.4. The Bertz CT molecular complexity index is 1400. The normalized spacial score (nSPS) is 11.8. The highest BCUT2D eigenvalue weighted by Crippen LogP contribution is 2.38. The molecule has 4 aromatic rings. The molecule has 1 aliphatic rings. The van der Waals surface area contributed by atoms with Gasteiger partial charge in [0.05, 0.1) is 19.9 Å². The molecule has 0 unspecified atom stereocenters. The summed E-state index contributed by atoms with van der Waals surface area (Å²) in [6.07, 6.45) is 0.715. The van der Waals surface area contributed by atoms with Crippen molar-refractivity contribution < 1.29 is 14.2 Å². The van der Waals surface area contributed by atoms with Crippen molar-refractivity contribution in [2.75, 3.05) is 25.3 Å². The number of anilines is 3. The number of nitrogen functional groups attached to an aromatic ring is 1. The highest BCUT2D eigenvalue weighted by Gasteiger charge is 2.21. The van der Waals surface area contributed by atoms with Crippen LogP contribution in [0.3, 0.4) is 0 Å². The van der Waals surface area contributed by atoms with E-state index in [0.717, 1.165) is 22.5 Å². The van der Waals surface area contributed by atoms with Gasteiger partial charge in [-0.3, -0.25) is 4.57 Å². The fraction of sp³-hybridized carbons (Fsp3) is 0.154. The number of nitrogens with two attached hydrogens (primary N) is 1. The lowest BCUT2D eigenvalue weighted by Crippen LogP contribution is -2.28. The average molecular weight is 457 g/mol. The van der Waals surface area contributed by atoms with Crippen LogP contribution < -0.4 is 31.0 Å². The molecule has 5 rings (SSSR count). The number of rotatable bonds is 6. The zero-order valence-corrected chi connectivity index (χ0v) is 18.9. The number of nitrogens with zero attached hydrogens (tertiary/aromatic N) is 2. The number of benzene rings is 3. The second-order valence-electron chi connectivity index (χ2n) is 7.90. The molecule has 172 valence electrons. The van der Waals surface area contributed by atoms with Crippen molar-refractivity contribution in [3.63, 3.8) is 0 Å². The summed E-state index contributed by atoms with van der Waals surface area (Å²) in [5.41, 5.74) is 9.69. The summed E-state index contributed by atoms with van der Waals surface area (Å²) in [4.78, 5) is 17.0. The second kappa shape index (κ2) is 8.82. The molecule has 0 saturated heterocycles. The Labute approximate surface area is 196 Å². The van der Waals surface area contributed by atoms with Crippen molar-refractivity contribution in [2.45, 2.75) is 13.0 Å². The van der Waals surface area contributed by atoms with Gasteiger partial charge in [-0.25, -0.2) is 4.79 Å². The van der Waals surface area contributed by atoms with Crippen molar-refractivity contribution in [1.82, 2.24) is 9.55 Å². The first-order chi connectivity index (χ1) is 16.5. The summed E-state index contributed by atoms with van der Waals surface area (Å²) in [5, 5.41) is 3.22. The number of hydrogen-bond acceptors (Lipinski definition) is 7. The van der Waals surface area contributed by atoms with Crippen LogP contribution in [0.2, 0.25) is 0 Å². The van der Waals surface area contributed by atoms with Gasteiger partial charge in [0.2, 0.25) is 0 Å². The summed E-state index contributed by atoms with van der Waals surface area (Å²) in [6.45, 7) is 0.557. The van der Waals surface area contributed by atoms with E-state index in [2.05, 4.69) is 10.3 Å². The molecule has 3 N–H and O–H groups in total. The third-order valence-corrected chi connectivity index (χ3v) is 5.74. The molecule has 0 bridgehead atoms. The lowest BCUT2D eigenvalue weighted by Gasteiger charge is -2.23. The minimum Gasteiger partial charge on any atom is -0.493 e. The van der Waals surface area contributed by atoms with E-state index in [9.17, 15) is 4.79 Å². The van der Waals surface area contributed by atoms with Crippen LogP contribution >= 0.6 is 0 Å². The fourth-order valence-corrected chi connectivity index (χ4v) is 4.03. The van der Waals surface area contributed by atoms with E-state index in [0.29, 0.717) is 47.5 Å². The van der Waals surface area contributed by atoms with Crippen LogP contribution in [0.5, 0.6) is 23.0 Å². The predicted molar refractivity (Wildman–Crippen MR) is 131 cm³/mol. The standard InChI is InChI=1S/C26H24N4O4/c1-32-23-13-16-11-12-30-22(21(16)14-24(23)33-2)15-25(29-26(30)31)28-18-5-9-20(10-6-18)34-19-7-3-17(27)4-8-19/h3-10,13-15H,11-12,27H2,1-2H3,(H,28,29,31). The number of fused-ring (bicyclic) bond motifs is 3. The number of hydrogen-bond donors (Lipinski definition) is 2. The van der Waals surface area contributed by atoms with E-state index < -0.39 is 0 Å². The molecule has 2 heterocycles. The first-order valence-corrected chi connectivity index (χ1v) is 10.8. The molecule has 3 aromatic carbocycles. The summed E-state index contributed by atoms with van der Waals surface area (Å²) in [7, 11) is 3.21. The zero-order valence-electron chi connectivity index (χ0n) is 18.9. The van der Waals surface area contributed by atoms with Gasteiger partial charge in [-0.05, 0) is 72.6 Å². The molecule has 0 aliphatic carbocycles. The van der Waals surface area contributed by atoms with Crippen molar-refractivity contribution in [1.29, 1.82) is 0 Å². The first kappa shape index (κ1) is 21.4. The molecule has 1 aromatic heterocycles. The smallest absolute Gasteiger partial charge is 0.350 e. The summed E-state index contributed by atoms with van der Waals surface area (Å²) >= 11 is 0. The predicted octanol–water partition coefficient (Wildman–Crippen LogP) is 4.60. The van der Waals surface area contributed by atoms with E-state index in [1.165, 1.54) is 0 Å². The van der Waals surface area contributed by atoms with Gasteiger partial charge in [0, 0.05) is 29.5 Å². The third-order valence-electron chi connectivity index (χ3n) is 5.74. The lowest BCUT2D eigenvalue weighted by molar-refractivity contribution is 0.354. The van der Waals surface area contributed by atoms with E-state index in [4.69, 9.17) is 19.9 Å². The Kier molecular flexibility index (Phi) is 5.55. The molecule has 34 heavy (non-hydrogen) atoms. The molecule has 0 spiro atoms. The van der Waals surface area contributed by atoms with Gasteiger partial charge in [0.25, 0.3) is 0 Å². The van der Waals surface area contributed by atoms with Crippen LogP contribution in [-0.2, 0) is 13.0 Å². The van der Waals surface area contributed by atoms with Crippen LogP contribution in [0, 0.1) is 0 Å². The van der Waals surface area contributed by atoms with Gasteiger partial charge in [-0.1, -0.05) is 0 Å².